The van der Waals surface area contributed by atoms with Gasteiger partial charge < -0.3 is 9.30 Å². The number of nitrogens with zero attached hydrogens (tertiary/aromatic N) is 1. The van der Waals surface area contributed by atoms with Crippen LogP contribution in [-0.2, 0) is 26.6 Å². The molecule has 1 heterocycles. The van der Waals surface area contributed by atoms with Crippen molar-refractivity contribution in [2.75, 3.05) is 7.11 Å². The Labute approximate surface area is 166 Å². The van der Waals surface area contributed by atoms with Crippen LogP contribution in [0.15, 0.2) is 23.1 Å². The number of aryl methyl sites for hydroxylation is 2. The van der Waals surface area contributed by atoms with E-state index in [2.05, 4.69) is 16.2 Å². The number of aromatic nitrogens is 1. The molecular weight excluding hydrogens is 376 g/mol. The van der Waals surface area contributed by atoms with Gasteiger partial charge in [-0.3, -0.25) is 4.79 Å². The molecule has 2 aliphatic rings. The van der Waals surface area contributed by atoms with Crippen molar-refractivity contribution < 1.29 is 17.9 Å². The zero-order valence-corrected chi connectivity index (χ0v) is 17.5. The molecule has 0 atom stereocenters. The number of nitrogens with one attached hydrogen (secondary N) is 1. The summed E-state index contributed by atoms with van der Waals surface area (Å²) in [4.78, 5) is 12.0. The molecule has 2 fully saturated rings. The predicted octanol–water partition coefficient (Wildman–Crippen LogP) is 3.37. The number of ether oxygens (including phenoxy) is 1. The van der Waals surface area contributed by atoms with E-state index in [4.69, 9.17) is 4.74 Å². The molecule has 28 heavy (non-hydrogen) atoms. The molecular formula is C21H28N2O4S. The van der Waals surface area contributed by atoms with Gasteiger partial charge in [-0.25, -0.2) is 13.1 Å². The highest BCUT2D eigenvalue weighted by molar-refractivity contribution is 7.89. The van der Waals surface area contributed by atoms with Gasteiger partial charge >= 0.3 is 5.97 Å². The van der Waals surface area contributed by atoms with Crippen LogP contribution in [0.2, 0.25) is 0 Å². The third-order valence-corrected chi connectivity index (χ3v) is 7.86. The van der Waals surface area contributed by atoms with Crippen LogP contribution in [0.5, 0.6) is 0 Å². The number of carbonyl (C=O) groups is 1. The molecule has 2 aromatic rings. The van der Waals surface area contributed by atoms with Crippen molar-refractivity contribution in [2.45, 2.75) is 62.3 Å². The zero-order chi connectivity index (χ0) is 20.1. The van der Waals surface area contributed by atoms with E-state index in [1.165, 1.54) is 31.2 Å². The summed E-state index contributed by atoms with van der Waals surface area (Å²) in [7, 11) is -0.174. The normalized spacial score (nSPS) is 23.1. The Hall–Kier alpha value is -1.86. The van der Waals surface area contributed by atoms with Gasteiger partial charge in [-0.2, -0.15) is 0 Å². The van der Waals surface area contributed by atoms with Crippen LogP contribution in [0.4, 0.5) is 0 Å². The summed E-state index contributed by atoms with van der Waals surface area (Å²) in [5, 5.41) is 1.13. The van der Waals surface area contributed by atoms with E-state index in [1.807, 2.05) is 13.1 Å². The topological polar surface area (TPSA) is 77.4 Å². The third-order valence-electron chi connectivity index (χ3n) is 6.34. The van der Waals surface area contributed by atoms with E-state index < -0.39 is 10.0 Å². The fraction of sp³-hybridized carbons (Fsp3) is 0.571. The Kier molecular flexibility index (Phi) is 5.00. The highest BCUT2D eigenvalue weighted by Gasteiger charge is 2.31. The second kappa shape index (κ2) is 7.19. The van der Waals surface area contributed by atoms with Gasteiger partial charge in [0, 0.05) is 29.7 Å². The lowest BCUT2D eigenvalue weighted by Gasteiger charge is -2.27. The molecule has 0 bridgehead atoms. The number of carbonyl (C=O) groups excluding carboxylic acids is 1. The molecule has 7 heteroatoms. The Balaban J connectivity index is 1.54. The molecule has 0 unspecified atom stereocenters. The van der Waals surface area contributed by atoms with Gasteiger partial charge in [0.1, 0.15) is 0 Å². The fourth-order valence-corrected chi connectivity index (χ4v) is 5.96. The summed E-state index contributed by atoms with van der Waals surface area (Å²) < 4.78 is 35.7. The maximum absolute atomic E-state index is 13.0. The number of fused-ring (bicyclic) bond motifs is 1. The van der Waals surface area contributed by atoms with Crippen molar-refractivity contribution >= 4 is 26.9 Å². The van der Waals surface area contributed by atoms with Crippen molar-refractivity contribution in [2.24, 2.45) is 13.0 Å². The zero-order valence-electron chi connectivity index (χ0n) is 16.7. The molecule has 4 rings (SSSR count). The lowest BCUT2D eigenvalue weighted by atomic mass is 9.86. The molecule has 2 saturated carbocycles. The number of rotatable bonds is 5. The number of hydrogen-bond donors (Lipinski definition) is 1. The molecule has 152 valence electrons. The average Bonchev–Trinajstić information content (AvgIpc) is 3.48. The van der Waals surface area contributed by atoms with Crippen molar-refractivity contribution in [3.8, 4) is 0 Å². The molecule has 0 aliphatic heterocycles. The summed E-state index contributed by atoms with van der Waals surface area (Å²) in [6.07, 6.45) is 5.03. The summed E-state index contributed by atoms with van der Waals surface area (Å²) in [6, 6.07) is 5.28. The quantitative estimate of drug-likeness (QED) is 0.775. The van der Waals surface area contributed by atoms with Gasteiger partial charge in [0.2, 0.25) is 10.0 Å². The third kappa shape index (κ3) is 3.46. The lowest BCUT2D eigenvalue weighted by Crippen LogP contribution is -2.38. The van der Waals surface area contributed by atoms with Crippen LogP contribution >= 0.6 is 0 Å². The maximum atomic E-state index is 13.0. The Bertz CT molecular complexity index is 1010. The summed E-state index contributed by atoms with van der Waals surface area (Å²) in [5.41, 5.74) is 3.56. The SMILES string of the molecule is COC(=O)C1CCC(NS(=O)(=O)c2ccc3c(C)c(C4CC4)n(C)c3c2)CC1. The average molecular weight is 405 g/mol. The molecule has 2 aliphatic carbocycles. The monoisotopic (exact) mass is 404 g/mol. The van der Waals surface area contributed by atoms with Crippen molar-refractivity contribution in [3.05, 3.63) is 29.5 Å². The van der Waals surface area contributed by atoms with Crippen LogP contribution in [-0.4, -0.2) is 32.1 Å². The van der Waals surface area contributed by atoms with Gasteiger partial charge in [-0.1, -0.05) is 6.07 Å². The predicted molar refractivity (Wildman–Crippen MR) is 108 cm³/mol. The first kappa shape index (κ1) is 19.5. The molecule has 1 aromatic carbocycles. The van der Waals surface area contributed by atoms with E-state index in [0.717, 1.165) is 10.9 Å². The number of methoxy groups -OCH3 is 1. The van der Waals surface area contributed by atoms with E-state index in [-0.39, 0.29) is 17.9 Å². The van der Waals surface area contributed by atoms with Crippen LogP contribution in [0.1, 0.15) is 55.7 Å². The van der Waals surface area contributed by atoms with E-state index in [9.17, 15) is 13.2 Å². The second-order valence-corrected chi connectivity index (χ2v) is 9.93. The van der Waals surface area contributed by atoms with Crippen LogP contribution in [0.3, 0.4) is 0 Å². The standard InChI is InChI=1S/C21H28N2O4S/c1-13-18-11-10-17(12-19(18)23(2)20(13)14-4-5-14)28(25,26)22-16-8-6-15(7-9-16)21(24)27-3/h10-12,14-16,22H,4-9H2,1-3H3. The first-order valence-corrected chi connectivity index (χ1v) is 11.5. The number of sulfonamides is 1. The smallest absolute Gasteiger partial charge is 0.308 e. The molecule has 1 aromatic heterocycles. The molecule has 0 spiro atoms. The minimum atomic E-state index is -3.60. The van der Waals surface area contributed by atoms with Crippen molar-refractivity contribution in [1.82, 2.24) is 9.29 Å². The van der Waals surface area contributed by atoms with Gasteiger partial charge in [-0.05, 0) is 69.1 Å². The first-order chi connectivity index (χ1) is 13.3. The minimum Gasteiger partial charge on any atom is -0.469 e. The summed E-state index contributed by atoms with van der Waals surface area (Å²) in [5.74, 6) is 0.298. The van der Waals surface area contributed by atoms with Gasteiger partial charge in [0.15, 0.2) is 0 Å². The Morgan fingerprint density at radius 3 is 2.43 bits per heavy atom. The van der Waals surface area contributed by atoms with E-state index >= 15 is 0 Å². The fourth-order valence-electron chi connectivity index (χ4n) is 4.63. The van der Waals surface area contributed by atoms with E-state index in [0.29, 0.717) is 36.5 Å². The lowest BCUT2D eigenvalue weighted by molar-refractivity contribution is -0.146. The maximum Gasteiger partial charge on any atom is 0.308 e. The summed E-state index contributed by atoms with van der Waals surface area (Å²) >= 11 is 0. The minimum absolute atomic E-state index is 0.116. The molecule has 6 nitrogen and oxygen atoms in total. The molecule has 0 saturated heterocycles. The van der Waals surface area contributed by atoms with Crippen LogP contribution in [0, 0.1) is 12.8 Å². The Morgan fingerprint density at radius 1 is 1.14 bits per heavy atom. The van der Waals surface area contributed by atoms with Gasteiger partial charge in [0.05, 0.1) is 17.9 Å². The molecule has 0 radical (unpaired) electrons. The van der Waals surface area contributed by atoms with Gasteiger partial charge in [0.25, 0.3) is 0 Å². The second-order valence-electron chi connectivity index (χ2n) is 8.22. The number of esters is 1. The highest BCUT2D eigenvalue weighted by Crippen LogP contribution is 2.44. The molecule has 0 amide bonds. The van der Waals surface area contributed by atoms with E-state index in [1.54, 1.807) is 12.1 Å². The van der Waals surface area contributed by atoms with Gasteiger partial charge in [-0.15, -0.1) is 0 Å². The molecule has 1 N–H and O–H groups in total. The highest BCUT2D eigenvalue weighted by atomic mass is 32.2. The summed E-state index contributed by atoms with van der Waals surface area (Å²) in [6.45, 7) is 2.13. The number of benzene rings is 1. The Morgan fingerprint density at radius 2 is 1.82 bits per heavy atom. The van der Waals surface area contributed by atoms with Crippen LogP contribution in [0.25, 0.3) is 10.9 Å². The number of hydrogen-bond acceptors (Lipinski definition) is 4. The van der Waals surface area contributed by atoms with Crippen LogP contribution < -0.4 is 4.72 Å². The van der Waals surface area contributed by atoms with Crippen molar-refractivity contribution in [3.63, 3.8) is 0 Å². The largest absolute Gasteiger partial charge is 0.469 e. The van der Waals surface area contributed by atoms with Crippen molar-refractivity contribution in [1.29, 1.82) is 0 Å². The first-order valence-electron chi connectivity index (χ1n) is 10.0.